The summed E-state index contributed by atoms with van der Waals surface area (Å²) < 4.78 is 0. The van der Waals surface area contributed by atoms with Crippen molar-refractivity contribution in [1.82, 2.24) is 15.3 Å². The first-order valence-electron chi connectivity index (χ1n) is 8.30. The fourth-order valence-corrected chi connectivity index (χ4v) is 3.59. The molecule has 24 heavy (non-hydrogen) atoms. The average Bonchev–Trinajstić information content (AvgIpc) is 2.76. The number of nitrogens with one attached hydrogen (secondary N) is 1. The summed E-state index contributed by atoms with van der Waals surface area (Å²) in [6, 6.07) is 8.57. The first-order valence-corrected chi connectivity index (χ1v) is 9.29. The number of nitrogen functional groups attached to an aromatic ring is 1. The molecule has 5 nitrogen and oxygen atoms in total. The van der Waals surface area contributed by atoms with Crippen LogP contribution in [0.5, 0.6) is 0 Å². The first-order chi connectivity index (χ1) is 11.7. The minimum absolute atomic E-state index is 0.116. The SMILES string of the molecule is CCSc1ncc(C(=O)NC2CCCc3ccccc3C2)c(N)n1. The summed E-state index contributed by atoms with van der Waals surface area (Å²) in [7, 11) is 0. The number of fused-ring (bicyclic) bond motifs is 1. The summed E-state index contributed by atoms with van der Waals surface area (Å²) in [5.41, 5.74) is 9.00. The van der Waals surface area contributed by atoms with Crippen molar-refractivity contribution in [3.05, 3.63) is 47.2 Å². The standard InChI is InChI=1S/C18H22N4OS/c1-2-24-18-20-11-15(16(19)22-18)17(23)21-14-9-5-8-12-6-3-4-7-13(12)10-14/h3-4,6-7,11,14H,2,5,8-10H2,1H3,(H,21,23)(H2,19,20,22). The lowest BCUT2D eigenvalue weighted by atomic mass is 10.0. The van der Waals surface area contributed by atoms with Gasteiger partial charge >= 0.3 is 0 Å². The molecule has 6 heteroatoms. The lowest BCUT2D eigenvalue weighted by Gasteiger charge is -2.17. The summed E-state index contributed by atoms with van der Waals surface area (Å²) in [5, 5.41) is 3.71. The lowest BCUT2D eigenvalue weighted by Crippen LogP contribution is -2.36. The molecule has 2 aromatic rings. The third-order valence-corrected chi connectivity index (χ3v) is 4.98. The van der Waals surface area contributed by atoms with Crippen LogP contribution in [-0.2, 0) is 12.8 Å². The van der Waals surface area contributed by atoms with Crippen LogP contribution in [0.3, 0.4) is 0 Å². The van der Waals surface area contributed by atoms with Gasteiger partial charge in [0, 0.05) is 12.2 Å². The quantitative estimate of drug-likeness (QED) is 0.507. The Bertz CT molecular complexity index is 735. The van der Waals surface area contributed by atoms with Gasteiger partial charge in [0.2, 0.25) is 0 Å². The molecule has 1 amide bonds. The van der Waals surface area contributed by atoms with Crippen LogP contribution in [0.2, 0.25) is 0 Å². The Morgan fingerprint density at radius 2 is 2.17 bits per heavy atom. The Hall–Kier alpha value is -2.08. The van der Waals surface area contributed by atoms with Crippen LogP contribution in [-0.4, -0.2) is 27.7 Å². The van der Waals surface area contributed by atoms with Crippen LogP contribution in [0, 0.1) is 0 Å². The van der Waals surface area contributed by atoms with Crippen LogP contribution < -0.4 is 11.1 Å². The van der Waals surface area contributed by atoms with Gasteiger partial charge in [-0.3, -0.25) is 4.79 Å². The van der Waals surface area contributed by atoms with Gasteiger partial charge in [0.1, 0.15) is 5.82 Å². The molecule has 0 fully saturated rings. The maximum absolute atomic E-state index is 12.5. The van der Waals surface area contributed by atoms with Crippen molar-refractivity contribution in [2.45, 2.75) is 43.8 Å². The highest BCUT2D eigenvalue weighted by atomic mass is 32.2. The van der Waals surface area contributed by atoms with Gasteiger partial charge in [0.05, 0.1) is 5.56 Å². The minimum Gasteiger partial charge on any atom is -0.383 e. The molecule has 1 aliphatic carbocycles. The molecule has 0 saturated carbocycles. The molecule has 1 unspecified atom stereocenters. The van der Waals surface area contributed by atoms with Crippen molar-refractivity contribution in [1.29, 1.82) is 0 Å². The smallest absolute Gasteiger partial charge is 0.256 e. The number of nitrogens with zero attached hydrogens (tertiary/aromatic N) is 2. The van der Waals surface area contributed by atoms with Crippen molar-refractivity contribution < 1.29 is 4.79 Å². The number of carbonyl (C=O) groups excluding carboxylic acids is 1. The maximum Gasteiger partial charge on any atom is 0.256 e. The van der Waals surface area contributed by atoms with E-state index in [4.69, 9.17) is 5.73 Å². The van der Waals surface area contributed by atoms with Gasteiger partial charge in [-0.1, -0.05) is 43.0 Å². The number of nitrogens with two attached hydrogens (primary N) is 1. The number of rotatable bonds is 4. The summed E-state index contributed by atoms with van der Waals surface area (Å²) >= 11 is 1.51. The Labute approximate surface area is 146 Å². The number of aryl methyl sites for hydroxylation is 1. The van der Waals surface area contributed by atoms with Crippen LogP contribution in [0.4, 0.5) is 5.82 Å². The summed E-state index contributed by atoms with van der Waals surface area (Å²) in [6.45, 7) is 2.02. The number of aromatic nitrogens is 2. The van der Waals surface area contributed by atoms with Crippen molar-refractivity contribution in [3.8, 4) is 0 Å². The van der Waals surface area contributed by atoms with Crippen LogP contribution >= 0.6 is 11.8 Å². The number of thioether (sulfide) groups is 1. The van der Waals surface area contributed by atoms with E-state index in [0.717, 1.165) is 31.4 Å². The predicted octanol–water partition coefficient (Wildman–Crippen LogP) is 2.85. The molecule has 1 aliphatic rings. The molecule has 0 spiro atoms. The van der Waals surface area contributed by atoms with E-state index >= 15 is 0 Å². The molecular formula is C18H22N4OS. The molecule has 0 saturated heterocycles. The fourth-order valence-electron chi connectivity index (χ4n) is 3.04. The molecular weight excluding hydrogens is 320 g/mol. The van der Waals surface area contributed by atoms with Crippen molar-refractivity contribution in [3.63, 3.8) is 0 Å². The Balaban J connectivity index is 1.71. The third-order valence-electron chi connectivity index (χ3n) is 4.23. The van der Waals surface area contributed by atoms with Crippen molar-refractivity contribution in [2.75, 3.05) is 11.5 Å². The van der Waals surface area contributed by atoms with Gasteiger partial charge in [0.25, 0.3) is 5.91 Å². The Kier molecular flexibility index (Phi) is 5.35. The number of amides is 1. The zero-order valence-corrected chi connectivity index (χ0v) is 14.6. The monoisotopic (exact) mass is 342 g/mol. The van der Waals surface area contributed by atoms with E-state index in [-0.39, 0.29) is 17.8 Å². The number of anilines is 1. The molecule has 0 aliphatic heterocycles. The zero-order chi connectivity index (χ0) is 16.9. The summed E-state index contributed by atoms with van der Waals surface area (Å²) in [4.78, 5) is 21.0. The van der Waals surface area contributed by atoms with Gasteiger partial charge in [-0.25, -0.2) is 9.97 Å². The van der Waals surface area contributed by atoms with Gasteiger partial charge in [-0.15, -0.1) is 0 Å². The van der Waals surface area contributed by atoms with Gasteiger partial charge in [0.15, 0.2) is 5.16 Å². The van der Waals surface area contributed by atoms with E-state index in [1.54, 1.807) is 0 Å². The molecule has 1 atom stereocenters. The number of benzene rings is 1. The van der Waals surface area contributed by atoms with Gasteiger partial charge in [-0.2, -0.15) is 0 Å². The zero-order valence-electron chi connectivity index (χ0n) is 13.8. The fraction of sp³-hybridized carbons (Fsp3) is 0.389. The average molecular weight is 342 g/mol. The number of hydrogen-bond donors (Lipinski definition) is 2. The van der Waals surface area contributed by atoms with E-state index in [1.165, 1.54) is 29.1 Å². The number of carbonyl (C=O) groups is 1. The van der Waals surface area contributed by atoms with Gasteiger partial charge in [-0.05, 0) is 42.6 Å². The minimum atomic E-state index is -0.190. The molecule has 1 aromatic heterocycles. The molecule has 1 heterocycles. The number of hydrogen-bond acceptors (Lipinski definition) is 5. The lowest BCUT2D eigenvalue weighted by molar-refractivity contribution is 0.0935. The largest absolute Gasteiger partial charge is 0.383 e. The highest BCUT2D eigenvalue weighted by Crippen LogP contribution is 2.21. The molecule has 3 rings (SSSR count). The normalized spacial score (nSPS) is 17.0. The van der Waals surface area contributed by atoms with Crippen molar-refractivity contribution in [2.24, 2.45) is 0 Å². The molecule has 1 aromatic carbocycles. The molecule has 0 radical (unpaired) electrons. The Morgan fingerprint density at radius 1 is 1.38 bits per heavy atom. The molecule has 3 N–H and O–H groups in total. The van der Waals surface area contributed by atoms with Crippen LogP contribution in [0.15, 0.2) is 35.6 Å². The third kappa shape index (κ3) is 3.87. The van der Waals surface area contributed by atoms with E-state index < -0.39 is 0 Å². The molecule has 126 valence electrons. The van der Waals surface area contributed by atoms with E-state index in [2.05, 4.69) is 39.6 Å². The highest BCUT2D eigenvalue weighted by Gasteiger charge is 2.20. The predicted molar refractivity (Wildman–Crippen MR) is 97.2 cm³/mol. The summed E-state index contributed by atoms with van der Waals surface area (Å²) in [6.07, 6.45) is 5.48. The van der Waals surface area contributed by atoms with Crippen molar-refractivity contribution >= 4 is 23.5 Å². The van der Waals surface area contributed by atoms with Crippen LogP contribution in [0.1, 0.15) is 41.3 Å². The topological polar surface area (TPSA) is 80.9 Å². The highest BCUT2D eigenvalue weighted by molar-refractivity contribution is 7.99. The van der Waals surface area contributed by atoms with E-state index in [1.807, 2.05) is 6.92 Å². The van der Waals surface area contributed by atoms with Gasteiger partial charge < -0.3 is 11.1 Å². The summed E-state index contributed by atoms with van der Waals surface area (Å²) in [5.74, 6) is 0.921. The second-order valence-corrected chi connectivity index (χ2v) is 7.15. The van der Waals surface area contributed by atoms with E-state index in [9.17, 15) is 4.79 Å². The van der Waals surface area contributed by atoms with Crippen LogP contribution in [0.25, 0.3) is 0 Å². The second kappa shape index (κ2) is 7.66. The maximum atomic E-state index is 12.5. The molecule has 0 bridgehead atoms. The van der Waals surface area contributed by atoms with E-state index in [0.29, 0.717) is 10.7 Å². The Morgan fingerprint density at radius 3 is 2.92 bits per heavy atom. The first kappa shape index (κ1) is 16.8. The second-order valence-electron chi connectivity index (χ2n) is 5.92.